The minimum Gasteiger partial charge on any atom is -0.462 e. The second kappa shape index (κ2) is 63.6. The lowest BCUT2D eigenvalue weighted by molar-refractivity contribution is -0.167. The molecule has 0 spiro atoms. The molecule has 0 aromatic heterocycles. The van der Waals surface area contributed by atoms with Gasteiger partial charge in [-0.2, -0.15) is 0 Å². The zero-order valence-corrected chi connectivity index (χ0v) is 49.7. The van der Waals surface area contributed by atoms with Gasteiger partial charge in [-0.1, -0.05) is 265 Å². The molecule has 1 unspecified atom stereocenters. The first-order chi connectivity index (χ1) is 37.5. The Balaban J connectivity index is 4.24. The highest BCUT2D eigenvalue weighted by atomic mass is 16.6. The molecular weight excluding hydrogens is 937 g/mol. The van der Waals surface area contributed by atoms with Crippen LogP contribution in [-0.4, -0.2) is 37.2 Å². The summed E-state index contributed by atoms with van der Waals surface area (Å²) in [4.78, 5) is 38.2. The van der Waals surface area contributed by atoms with Gasteiger partial charge >= 0.3 is 17.9 Å². The van der Waals surface area contributed by atoms with Gasteiger partial charge in [-0.25, -0.2) is 0 Å². The standard InChI is InChI=1S/C70H118O6/c1-4-7-10-13-16-19-22-24-26-28-30-31-32-33-34-35-36-37-38-39-41-42-44-46-48-51-54-57-60-63-69(72)75-66-67(65-74-68(71)62-59-56-53-50-21-18-15-12-9-6-3)76-70(73)64-61-58-55-52-49-47-45-43-40-29-27-25-23-20-17-14-11-8-5-2/h7,10,12,15-17,19-20,24-27,30-31,33-34,36-37,67H,4-6,8-9,11,13-14,18,21-23,28-29,32,35,38-66H2,1-3H3/b10-7-,15-12-,19-16-,20-17-,26-24-,27-25-,31-30-,34-33-,37-36-. The molecule has 0 aliphatic rings. The molecule has 6 heteroatoms. The summed E-state index contributed by atoms with van der Waals surface area (Å²) < 4.78 is 16.9. The van der Waals surface area contributed by atoms with Crippen molar-refractivity contribution in [1.82, 2.24) is 0 Å². The zero-order valence-electron chi connectivity index (χ0n) is 49.7. The van der Waals surface area contributed by atoms with Gasteiger partial charge in [0.15, 0.2) is 6.10 Å². The maximum Gasteiger partial charge on any atom is 0.306 e. The summed E-state index contributed by atoms with van der Waals surface area (Å²) in [6.45, 7) is 6.44. The van der Waals surface area contributed by atoms with Crippen LogP contribution in [0.25, 0.3) is 0 Å². The largest absolute Gasteiger partial charge is 0.462 e. The fraction of sp³-hybridized carbons (Fsp3) is 0.700. The van der Waals surface area contributed by atoms with E-state index in [1.807, 2.05) is 0 Å². The Morgan fingerprint density at radius 3 is 0.868 bits per heavy atom. The van der Waals surface area contributed by atoms with Gasteiger partial charge in [-0.3, -0.25) is 14.4 Å². The van der Waals surface area contributed by atoms with Gasteiger partial charge in [-0.05, 0) is 122 Å². The monoisotopic (exact) mass is 1050 g/mol. The van der Waals surface area contributed by atoms with Crippen molar-refractivity contribution in [2.45, 2.75) is 303 Å². The van der Waals surface area contributed by atoms with E-state index in [0.717, 1.165) is 116 Å². The van der Waals surface area contributed by atoms with Crippen LogP contribution in [0.3, 0.4) is 0 Å². The lowest BCUT2D eigenvalue weighted by atomic mass is 10.1. The maximum absolute atomic E-state index is 12.9. The van der Waals surface area contributed by atoms with Crippen LogP contribution < -0.4 is 0 Å². The Labute approximate surface area is 470 Å². The van der Waals surface area contributed by atoms with Crippen LogP contribution in [-0.2, 0) is 28.6 Å². The number of carbonyl (C=O) groups excluding carboxylic acids is 3. The fourth-order valence-corrected chi connectivity index (χ4v) is 8.71. The van der Waals surface area contributed by atoms with Crippen molar-refractivity contribution in [3.63, 3.8) is 0 Å². The first-order valence-corrected chi connectivity index (χ1v) is 31.9. The lowest BCUT2D eigenvalue weighted by Gasteiger charge is -2.18. The van der Waals surface area contributed by atoms with Crippen molar-refractivity contribution < 1.29 is 28.6 Å². The smallest absolute Gasteiger partial charge is 0.306 e. The van der Waals surface area contributed by atoms with E-state index in [0.29, 0.717) is 19.3 Å². The number of esters is 3. The molecular formula is C70H118O6. The second-order valence-corrected chi connectivity index (χ2v) is 20.9. The normalized spacial score (nSPS) is 12.8. The minimum absolute atomic E-state index is 0.0846. The molecule has 434 valence electrons. The quantitative estimate of drug-likeness (QED) is 0.0261. The van der Waals surface area contributed by atoms with Crippen LogP contribution in [0, 0.1) is 0 Å². The van der Waals surface area contributed by atoms with Crippen molar-refractivity contribution in [3.8, 4) is 0 Å². The first-order valence-electron chi connectivity index (χ1n) is 31.9. The Kier molecular flexibility index (Phi) is 60.3. The number of rotatable bonds is 57. The van der Waals surface area contributed by atoms with E-state index in [4.69, 9.17) is 14.2 Å². The molecule has 0 saturated carbocycles. The summed E-state index contributed by atoms with van der Waals surface area (Å²) in [6.07, 6.45) is 86.7. The molecule has 6 nitrogen and oxygen atoms in total. The minimum atomic E-state index is -0.787. The average molecular weight is 1060 g/mol. The fourth-order valence-electron chi connectivity index (χ4n) is 8.71. The van der Waals surface area contributed by atoms with Gasteiger partial charge in [0.05, 0.1) is 0 Å². The van der Waals surface area contributed by atoms with Gasteiger partial charge in [-0.15, -0.1) is 0 Å². The highest BCUT2D eigenvalue weighted by Crippen LogP contribution is 2.16. The van der Waals surface area contributed by atoms with Gasteiger partial charge in [0.2, 0.25) is 0 Å². The number of allylic oxidation sites excluding steroid dienone is 18. The molecule has 0 heterocycles. The summed E-state index contributed by atoms with van der Waals surface area (Å²) in [5.41, 5.74) is 0. The van der Waals surface area contributed by atoms with Crippen LogP contribution in [0.2, 0.25) is 0 Å². The van der Waals surface area contributed by atoms with Gasteiger partial charge < -0.3 is 14.2 Å². The van der Waals surface area contributed by atoms with Crippen molar-refractivity contribution in [2.24, 2.45) is 0 Å². The van der Waals surface area contributed by atoms with E-state index >= 15 is 0 Å². The molecule has 1 atom stereocenters. The van der Waals surface area contributed by atoms with Gasteiger partial charge in [0, 0.05) is 19.3 Å². The molecule has 0 rings (SSSR count). The summed E-state index contributed by atoms with van der Waals surface area (Å²) in [5, 5.41) is 0. The lowest BCUT2D eigenvalue weighted by Crippen LogP contribution is -2.30. The molecule has 0 aromatic carbocycles. The third-order valence-electron chi connectivity index (χ3n) is 13.5. The molecule has 0 radical (unpaired) electrons. The van der Waals surface area contributed by atoms with E-state index in [1.165, 1.54) is 141 Å². The summed E-state index contributed by atoms with van der Waals surface area (Å²) in [6, 6.07) is 0. The van der Waals surface area contributed by atoms with E-state index in [9.17, 15) is 14.4 Å². The van der Waals surface area contributed by atoms with Crippen LogP contribution in [0.5, 0.6) is 0 Å². The van der Waals surface area contributed by atoms with E-state index in [-0.39, 0.29) is 31.1 Å². The Bertz CT molecular complexity index is 1540. The average Bonchev–Trinajstić information content (AvgIpc) is 3.42. The predicted molar refractivity (Wildman–Crippen MR) is 330 cm³/mol. The summed E-state index contributed by atoms with van der Waals surface area (Å²) >= 11 is 0. The van der Waals surface area contributed by atoms with E-state index in [1.54, 1.807) is 0 Å². The van der Waals surface area contributed by atoms with Crippen LogP contribution in [0.4, 0.5) is 0 Å². The molecule has 0 saturated heterocycles. The molecule has 0 fully saturated rings. The Hall–Kier alpha value is -3.93. The summed E-state index contributed by atoms with van der Waals surface area (Å²) in [5.74, 6) is -0.898. The number of carbonyl (C=O) groups is 3. The Morgan fingerprint density at radius 1 is 0.276 bits per heavy atom. The Morgan fingerprint density at radius 2 is 0.539 bits per heavy atom. The van der Waals surface area contributed by atoms with E-state index in [2.05, 4.69) is 130 Å². The SMILES string of the molecule is CC/C=C\C/C=C\C/C=C\C/C=C\C/C=C\C/C=C\CCCCCCCCCCCCC(=O)OCC(COC(=O)CCCCCCC/C=C\CCC)OC(=O)CCCCCCCCCCC/C=C\C/C=C\CCCCC. The van der Waals surface area contributed by atoms with Crippen LogP contribution >= 0.6 is 0 Å². The molecule has 0 bridgehead atoms. The number of hydrogen-bond acceptors (Lipinski definition) is 6. The molecule has 76 heavy (non-hydrogen) atoms. The highest BCUT2D eigenvalue weighted by molar-refractivity contribution is 5.71. The third kappa shape index (κ3) is 60.9. The molecule has 0 aromatic rings. The van der Waals surface area contributed by atoms with Crippen molar-refractivity contribution in [3.05, 3.63) is 109 Å². The molecule has 0 aliphatic carbocycles. The van der Waals surface area contributed by atoms with Crippen LogP contribution in [0.1, 0.15) is 297 Å². The van der Waals surface area contributed by atoms with Crippen molar-refractivity contribution in [1.29, 1.82) is 0 Å². The van der Waals surface area contributed by atoms with Crippen molar-refractivity contribution in [2.75, 3.05) is 13.2 Å². The predicted octanol–water partition coefficient (Wildman–Crippen LogP) is 21.8. The number of hydrogen-bond donors (Lipinski definition) is 0. The summed E-state index contributed by atoms with van der Waals surface area (Å²) in [7, 11) is 0. The maximum atomic E-state index is 12.9. The topological polar surface area (TPSA) is 78.9 Å². The molecule has 0 amide bonds. The van der Waals surface area contributed by atoms with Crippen LogP contribution in [0.15, 0.2) is 109 Å². The van der Waals surface area contributed by atoms with Gasteiger partial charge in [0.1, 0.15) is 13.2 Å². The molecule has 0 N–H and O–H groups in total. The second-order valence-electron chi connectivity index (χ2n) is 20.9. The third-order valence-corrected chi connectivity index (χ3v) is 13.5. The number of unbranched alkanes of at least 4 members (excludes halogenated alkanes) is 28. The number of ether oxygens (including phenoxy) is 3. The van der Waals surface area contributed by atoms with Gasteiger partial charge in [0.25, 0.3) is 0 Å². The molecule has 0 aliphatic heterocycles. The van der Waals surface area contributed by atoms with Crippen molar-refractivity contribution >= 4 is 17.9 Å². The van der Waals surface area contributed by atoms with E-state index < -0.39 is 6.10 Å². The first kappa shape index (κ1) is 72.1. The highest BCUT2D eigenvalue weighted by Gasteiger charge is 2.19. The zero-order chi connectivity index (χ0) is 55.0.